The number of rotatable bonds is 8. The molecule has 4 rings (SSSR count). The first-order valence-electron chi connectivity index (χ1n) is 11.2. The fraction of sp³-hybridized carbons (Fsp3) is 0.222. The van der Waals surface area contributed by atoms with Crippen molar-refractivity contribution in [3.8, 4) is 11.5 Å². The van der Waals surface area contributed by atoms with Crippen LogP contribution in [0.1, 0.15) is 30.5 Å². The molecule has 0 saturated heterocycles. The topological polar surface area (TPSA) is 79.1 Å². The molecule has 3 aromatic rings. The van der Waals surface area contributed by atoms with E-state index in [1.807, 2.05) is 49.4 Å². The maximum atomic E-state index is 13.8. The molecule has 0 aliphatic carbocycles. The van der Waals surface area contributed by atoms with Crippen molar-refractivity contribution >= 4 is 46.0 Å². The second-order valence-corrected chi connectivity index (χ2v) is 10.1. The zero-order chi connectivity index (χ0) is 25.8. The van der Waals surface area contributed by atoms with Crippen LogP contribution in [0.25, 0.3) is 6.08 Å². The lowest BCUT2D eigenvalue weighted by Crippen LogP contribution is -2.40. The number of carbonyl (C=O) groups excluding carboxylic acids is 1. The summed E-state index contributed by atoms with van der Waals surface area (Å²) >= 11 is 3.47. The summed E-state index contributed by atoms with van der Waals surface area (Å²) in [5, 5.41) is 0. The highest BCUT2D eigenvalue weighted by molar-refractivity contribution is 14.1. The Hall–Kier alpha value is -3.18. The average molecular weight is 616 g/mol. The van der Waals surface area contributed by atoms with Crippen LogP contribution in [0.3, 0.4) is 0 Å². The van der Waals surface area contributed by atoms with Crippen LogP contribution in [0.5, 0.6) is 11.5 Å². The van der Waals surface area contributed by atoms with Crippen LogP contribution in [0.2, 0.25) is 0 Å². The molecule has 0 fully saturated rings. The van der Waals surface area contributed by atoms with Crippen molar-refractivity contribution in [2.45, 2.75) is 19.4 Å². The number of fused-ring (bicyclic) bond motifs is 1. The van der Waals surface area contributed by atoms with Crippen LogP contribution in [0, 0.1) is 3.57 Å². The number of esters is 1. The van der Waals surface area contributed by atoms with Gasteiger partial charge in [0, 0.05) is 9.13 Å². The van der Waals surface area contributed by atoms with Gasteiger partial charge in [-0.05, 0) is 52.8 Å². The first-order chi connectivity index (χ1) is 17.4. The van der Waals surface area contributed by atoms with E-state index in [-0.39, 0.29) is 12.2 Å². The molecule has 0 unspecified atom stereocenters. The summed E-state index contributed by atoms with van der Waals surface area (Å²) in [6, 6.07) is 12.6. The van der Waals surface area contributed by atoms with Crippen LogP contribution < -0.4 is 24.4 Å². The standard InChI is InChI=1S/C27H25IN2O5S/c1-5-12-35-24-17(13-18(28)15-20(24)33-3)14-21-25(31)30-23(16-10-8-7-9-11-16)22(26(32)34-4)19(6-2)29-27(30)36-21/h5,7-11,13-15,23H,1,6,12H2,2-4H3/b21-14+/t23-/m1/s1. The highest BCUT2D eigenvalue weighted by atomic mass is 127. The van der Waals surface area contributed by atoms with E-state index in [4.69, 9.17) is 19.2 Å². The lowest BCUT2D eigenvalue weighted by atomic mass is 9.95. The number of hydrogen-bond acceptors (Lipinski definition) is 7. The molecule has 0 radical (unpaired) electrons. The quantitative estimate of drug-likeness (QED) is 0.218. The minimum atomic E-state index is -0.645. The third kappa shape index (κ3) is 4.90. The van der Waals surface area contributed by atoms with Gasteiger partial charge in [-0.1, -0.05) is 61.2 Å². The molecule has 1 atom stereocenters. The predicted molar refractivity (Wildman–Crippen MR) is 148 cm³/mol. The van der Waals surface area contributed by atoms with Gasteiger partial charge < -0.3 is 14.2 Å². The molecule has 1 aromatic heterocycles. The summed E-state index contributed by atoms with van der Waals surface area (Å²) in [6.07, 6.45) is 3.95. The number of aromatic nitrogens is 1. The number of thiazole rings is 1. The molecule has 0 N–H and O–H groups in total. The van der Waals surface area contributed by atoms with Crippen LogP contribution in [-0.4, -0.2) is 31.4 Å². The van der Waals surface area contributed by atoms with E-state index in [0.717, 1.165) is 9.13 Å². The fourth-order valence-electron chi connectivity index (χ4n) is 4.10. The van der Waals surface area contributed by atoms with Crippen LogP contribution in [-0.2, 0) is 9.53 Å². The molecule has 0 bridgehead atoms. The number of methoxy groups -OCH3 is 2. The van der Waals surface area contributed by atoms with Crippen LogP contribution in [0.4, 0.5) is 0 Å². The second kappa shape index (κ2) is 11.3. The van der Waals surface area contributed by atoms with E-state index in [1.165, 1.54) is 18.4 Å². The first-order valence-corrected chi connectivity index (χ1v) is 13.1. The molecule has 1 aliphatic rings. The van der Waals surface area contributed by atoms with Crippen molar-refractivity contribution in [3.05, 3.63) is 101 Å². The van der Waals surface area contributed by atoms with Crippen molar-refractivity contribution in [1.29, 1.82) is 0 Å². The van der Waals surface area contributed by atoms with Gasteiger partial charge in [0.1, 0.15) is 6.61 Å². The fourth-order valence-corrected chi connectivity index (χ4v) is 5.73. The van der Waals surface area contributed by atoms with E-state index in [2.05, 4.69) is 29.2 Å². The van der Waals surface area contributed by atoms with Crippen molar-refractivity contribution in [2.24, 2.45) is 4.99 Å². The molecule has 7 nitrogen and oxygen atoms in total. The number of carbonyl (C=O) groups is 1. The summed E-state index contributed by atoms with van der Waals surface area (Å²) in [5.74, 6) is 0.583. The Balaban J connectivity index is 2.00. The minimum absolute atomic E-state index is 0.253. The smallest absolute Gasteiger partial charge is 0.338 e. The highest BCUT2D eigenvalue weighted by Crippen LogP contribution is 2.34. The van der Waals surface area contributed by atoms with Gasteiger partial charge in [-0.3, -0.25) is 9.36 Å². The summed E-state index contributed by atoms with van der Waals surface area (Å²) in [6.45, 7) is 5.93. The third-order valence-corrected chi connectivity index (χ3v) is 7.27. The SMILES string of the molecule is C=CCOc1c(/C=c2/sc3n(c2=O)[C@H](c2ccccc2)C(C(=O)OC)=C(CC)N=3)cc(I)cc1OC. The number of hydrogen-bond donors (Lipinski definition) is 0. The molecular weight excluding hydrogens is 591 g/mol. The van der Waals surface area contributed by atoms with Gasteiger partial charge in [0.25, 0.3) is 5.56 Å². The normalized spacial score (nSPS) is 15.2. The Morgan fingerprint density at radius 2 is 2.00 bits per heavy atom. The number of allylic oxidation sites excluding steroid dienone is 1. The number of ether oxygens (including phenoxy) is 3. The Bertz CT molecular complexity index is 1520. The Morgan fingerprint density at radius 1 is 1.25 bits per heavy atom. The van der Waals surface area contributed by atoms with E-state index >= 15 is 0 Å². The van der Waals surface area contributed by atoms with Gasteiger partial charge in [0.15, 0.2) is 16.3 Å². The molecule has 2 aromatic carbocycles. The Morgan fingerprint density at radius 3 is 2.64 bits per heavy atom. The zero-order valence-electron chi connectivity index (χ0n) is 20.1. The number of halogens is 1. The van der Waals surface area contributed by atoms with E-state index < -0.39 is 12.0 Å². The number of benzene rings is 2. The maximum absolute atomic E-state index is 13.8. The molecular formula is C27H25IN2O5S. The monoisotopic (exact) mass is 616 g/mol. The van der Waals surface area contributed by atoms with E-state index in [9.17, 15) is 9.59 Å². The largest absolute Gasteiger partial charge is 0.493 e. The molecule has 186 valence electrons. The van der Waals surface area contributed by atoms with Crippen molar-refractivity contribution in [2.75, 3.05) is 20.8 Å². The van der Waals surface area contributed by atoms with Gasteiger partial charge >= 0.3 is 5.97 Å². The van der Waals surface area contributed by atoms with Crippen LogP contribution in [0.15, 0.2) is 76.2 Å². The lowest BCUT2D eigenvalue weighted by molar-refractivity contribution is -0.136. The highest BCUT2D eigenvalue weighted by Gasteiger charge is 2.33. The van der Waals surface area contributed by atoms with Gasteiger partial charge in [-0.2, -0.15) is 0 Å². The third-order valence-electron chi connectivity index (χ3n) is 5.67. The lowest BCUT2D eigenvalue weighted by Gasteiger charge is -2.25. The minimum Gasteiger partial charge on any atom is -0.493 e. The molecule has 0 amide bonds. The van der Waals surface area contributed by atoms with Gasteiger partial charge in [-0.25, -0.2) is 9.79 Å². The van der Waals surface area contributed by atoms with Gasteiger partial charge in [-0.15, -0.1) is 0 Å². The van der Waals surface area contributed by atoms with Crippen molar-refractivity contribution < 1.29 is 19.0 Å². The molecule has 2 heterocycles. The molecule has 0 spiro atoms. The first kappa shape index (κ1) is 25.9. The van der Waals surface area contributed by atoms with E-state index in [0.29, 0.717) is 44.1 Å². The summed E-state index contributed by atoms with van der Waals surface area (Å²) in [7, 11) is 2.91. The average Bonchev–Trinajstić information content (AvgIpc) is 3.21. The predicted octanol–water partition coefficient (Wildman–Crippen LogP) is 3.98. The summed E-state index contributed by atoms with van der Waals surface area (Å²) < 4.78 is 19.5. The number of nitrogens with zero attached hydrogens (tertiary/aromatic N) is 2. The molecule has 0 saturated carbocycles. The van der Waals surface area contributed by atoms with Crippen molar-refractivity contribution in [1.82, 2.24) is 4.57 Å². The molecule has 9 heteroatoms. The van der Waals surface area contributed by atoms with Gasteiger partial charge in [0.2, 0.25) is 0 Å². The molecule has 1 aliphatic heterocycles. The Labute approximate surface area is 226 Å². The van der Waals surface area contributed by atoms with Crippen molar-refractivity contribution in [3.63, 3.8) is 0 Å². The second-order valence-electron chi connectivity index (χ2n) is 7.82. The summed E-state index contributed by atoms with van der Waals surface area (Å²) in [4.78, 5) is 32.0. The molecule has 36 heavy (non-hydrogen) atoms. The zero-order valence-corrected chi connectivity index (χ0v) is 23.1. The van der Waals surface area contributed by atoms with Gasteiger partial charge in [0.05, 0.1) is 36.1 Å². The van der Waals surface area contributed by atoms with Crippen LogP contribution >= 0.6 is 33.9 Å². The summed E-state index contributed by atoms with van der Waals surface area (Å²) in [5.41, 5.74) is 2.23. The maximum Gasteiger partial charge on any atom is 0.338 e. The van der Waals surface area contributed by atoms with E-state index in [1.54, 1.807) is 23.8 Å². The Kier molecular flexibility index (Phi) is 8.10.